The molecule has 0 heterocycles. The number of anilines is 1. The summed E-state index contributed by atoms with van der Waals surface area (Å²) in [7, 11) is 0. The summed E-state index contributed by atoms with van der Waals surface area (Å²) in [5.41, 5.74) is 7.51. The molecule has 0 aliphatic heterocycles. The van der Waals surface area contributed by atoms with E-state index in [9.17, 15) is 0 Å². The van der Waals surface area contributed by atoms with Gasteiger partial charge in [0.25, 0.3) is 0 Å². The molecule has 0 aliphatic carbocycles. The Kier molecular flexibility index (Phi) is 15.3. The molecule has 0 aliphatic rings. The molecule has 0 bridgehead atoms. The van der Waals surface area contributed by atoms with Crippen LogP contribution in [0.1, 0.15) is 58.9 Å². The molecule has 94 valence electrons. The Balaban J connectivity index is 0. The first kappa shape index (κ1) is 17.4. The molecule has 1 heteroatoms. The van der Waals surface area contributed by atoms with Gasteiger partial charge in [0, 0.05) is 5.69 Å². The highest BCUT2D eigenvalue weighted by atomic mass is 14.5. The van der Waals surface area contributed by atoms with E-state index in [0.29, 0.717) is 0 Å². The molecule has 16 heavy (non-hydrogen) atoms. The predicted molar refractivity (Wildman–Crippen MR) is 76.8 cm³/mol. The molecule has 0 spiro atoms. The Hall–Kier alpha value is -0.980. The van der Waals surface area contributed by atoms with Crippen LogP contribution in [-0.2, 0) is 0 Å². The van der Waals surface area contributed by atoms with E-state index in [1.165, 1.54) is 31.2 Å². The van der Waals surface area contributed by atoms with E-state index in [4.69, 9.17) is 5.73 Å². The molecule has 1 aromatic carbocycles. The normalized spacial score (nSPS) is 8.31. The molecule has 0 radical (unpaired) electrons. The van der Waals surface area contributed by atoms with Crippen LogP contribution in [-0.4, -0.2) is 0 Å². The van der Waals surface area contributed by atoms with Crippen LogP contribution in [0.3, 0.4) is 0 Å². The Morgan fingerprint density at radius 2 is 1.06 bits per heavy atom. The number of hydrogen-bond donors (Lipinski definition) is 1. The van der Waals surface area contributed by atoms with Crippen molar-refractivity contribution in [2.45, 2.75) is 60.3 Å². The minimum Gasteiger partial charge on any atom is -0.399 e. The molecule has 0 fully saturated rings. The maximum atomic E-state index is 5.43. The van der Waals surface area contributed by atoms with Gasteiger partial charge in [0.05, 0.1) is 0 Å². The fourth-order valence-corrected chi connectivity index (χ4v) is 0.566. The zero-order valence-electron chi connectivity index (χ0n) is 11.7. The van der Waals surface area contributed by atoms with Gasteiger partial charge < -0.3 is 5.73 Å². The van der Waals surface area contributed by atoms with Gasteiger partial charge in [0.15, 0.2) is 0 Å². The monoisotopic (exact) mass is 223 g/mol. The number of unbranched alkanes of at least 4 members (excludes halogenated alkanes) is 2. The second-order valence-electron chi connectivity index (χ2n) is 3.91. The summed E-state index contributed by atoms with van der Waals surface area (Å²) in [6.07, 6.45) is 5.28. The molecule has 0 saturated carbocycles. The summed E-state index contributed by atoms with van der Waals surface area (Å²) in [5.74, 6) is 0. The average molecular weight is 223 g/mol. The van der Waals surface area contributed by atoms with Gasteiger partial charge in [-0.2, -0.15) is 0 Å². The fourth-order valence-electron chi connectivity index (χ4n) is 0.566. The number of nitrogen functional groups attached to an aromatic ring is 1. The Bertz CT molecular complexity index is 184. The molecule has 1 rings (SSSR count). The largest absolute Gasteiger partial charge is 0.399 e. The van der Waals surface area contributed by atoms with Crippen molar-refractivity contribution in [1.82, 2.24) is 0 Å². The maximum absolute atomic E-state index is 5.43. The van der Waals surface area contributed by atoms with Crippen molar-refractivity contribution in [1.29, 1.82) is 0 Å². The minimum atomic E-state index is 0.829. The molecular formula is C15H29N. The van der Waals surface area contributed by atoms with Gasteiger partial charge in [-0.1, -0.05) is 71.1 Å². The van der Waals surface area contributed by atoms with E-state index in [2.05, 4.69) is 27.7 Å². The molecule has 0 atom stereocenters. The van der Waals surface area contributed by atoms with Crippen molar-refractivity contribution in [2.24, 2.45) is 0 Å². The average Bonchev–Trinajstić information content (AvgIpc) is 2.33. The highest BCUT2D eigenvalue weighted by molar-refractivity contribution is 5.38. The second-order valence-corrected chi connectivity index (χ2v) is 3.91. The minimum absolute atomic E-state index is 0.829. The molecular weight excluding hydrogens is 194 g/mol. The number of aryl methyl sites for hydroxylation is 1. The standard InChI is InChI=1S/C7H9N.2C4H10/c1-6-2-4-7(8)5-3-6;2*1-3-4-2/h2-5H,8H2,1H3;2*3-4H2,1-2H3. The van der Waals surface area contributed by atoms with E-state index in [1.54, 1.807) is 0 Å². The van der Waals surface area contributed by atoms with Crippen LogP contribution in [0.25, 0.3) is 0 Å². The van der Waals surface area contributed by atoms with Crippen molar-refractivity contribution in [3.05, 3.63) is 29.8 Å². The number of hydrogen-bond acceptors (Lipinski definition) is 1. The lowest BCUT2D eigenvalue weighted by molar-refractivity contribution is 0.886. The first-order valence-electron chi connectivity index (χ1n) is 6.44. The molecule has 2 N–H and O–H groups in total. The summed E-state index contributed by atoms with van der Waals surface area (Å²) in [6.45, 7) is 10.8. The summed E-state index contributed by atoms with van der Waals surface area (Å²) < 4.78 is 0. The molecule has 0 amide bonds. The van der Waals surface area contributed by atoms with Gasteiger partial charge in [-0.05, 0) is 19.1 Å². The smallest absolute Gasteiger partial charge is 0.0314 e. The third kappa shape index (κ3) is 15.5. The van der Waals surface area contributed by atoms with Crippen molar-refractivity contribution < 1.29 is 0 Å². The molecule has 1 nitrogen and oxygen atoms in total. The molecule has 0 unspecified atom stereocenters. The van der Waals surface area contributed by atoms with Crippen LogP contribution in [0.15, 0.2) is 24.3 Å². The van der Waals surface area contributed by atoms with E-state index < -0.39 is 0 Å². The van der Waals surface area contributed by atoms with Gasteiger partial charge in [0.1, 0.15) is 0 Å². The van der Waals surface area contributed by atoms with Crippen LogP contribution in [0.5, 0.6) is 0 Å². The van der Waals surface area contributed by atoms with Gasteiger partial charge in [-0.15, -0.1) is 0 Å². The quantitative estimate of drug-likeness (QED) is 0.686. The van der Waals surface area contributed by atoms with Crippen LogP contribution in [0, 0.1) is 6.92 Å². The highest BCUT2D eigenvalue weighted by Gasteiger charge is 1.80. The highest BCUT2D eigenvalue weighted by Crippen LogP contribution is 2.02. The maximum Gasteiger partial charge on any atom is 0.0314 e. The van der Waals surface area contributed by atoms with Gasteiger partial charge in [0.2, 0.25) is 0 Å². The molecule has 0 aromatic heterocycles. The Labute approximate surface area is 102 Å². The van der Waals surface area contributed by atoms with Crippen LogP contribution < -0.4 is 5.73 Å². The summed E-state index contributed by atoms with van der Waals surface area (Å²) in [6, 6.07) is 7.79. The zero-order chi connectivity index (χ0) is 12.8. The number of rotatable bonds is 2. The van der Waals surface area contributed by atoms with Crippen molar-refractivity contribution in [3.8, 4) is 0 Å². The van der Waals surface area contributed by atoms with E-state index >= 15 is 0 Å². The lowest BCUT2D eigenvalue weighted by Crippen LogP contribution is -1.81. The van der Waals surface area contributed by atoms with Crippen LogP contribution in [0.2, 0.25) is 0 Å². The fraction of sp³-hybridized carbons (Fsp3) is 0.600. The van der Waals surface area contributed by atoms with Crippen LogP contribution >= 0.6 is 0 Å². The van der Waals surface area contributed by atoms with Gasteiger partial charge in [-0.25, -0.2) is 0 Å². The number of nitrogens with two attached hydrogens (primary N) is 1. The topological polar surface area (TPSA) is 26.0 Å². The lowest BCUT2D eigenvalue weighted by Gasteiger charge is -1.90. The Morgan fingerprint density at radius 3 is 1.25 bits per heavy atom. The third-order valence-corrected chi connectivity index (χ3v) is 2.08. The summed E-state index contributed by atoms with van der Waals surface area (Å²) in [4.78, 5) is 0. The summed E-state index contributed by atoms with van der Waals surface area (Å²) in [5, 5.41) is 0. The number of benzene rings is 1. The first-order chi connectivity index (χ1) is 7.62. The molecule has 0 saturated heterocycles. The molecule has 1 aromatic rings. The first-order valence-corrected chi connectivity index (χ1v) is 6.44. The lowest BCUT2D eigenvalue weighted by atomic mass is 10.2. The van der Waals surface area contributed by atoms with Crippen molar-refractivity contribution in [2.75, 3.05) is 5.73 Å². The predicted octanol–water partition coefficient (Wildman–Crippen LogP) is 5.19. The van der Waals surface area contributed by atoms with Crippen molar-refractivity contribution in [3.63, 3.8) is 0 Å². The second kappa shape index (κ2) is 14.0. The van der Waals surface area contributed by atoms with E-state index in [-0.39, 0.29) is 0 Å². The van der Waals surface area contributed by atoms with Gasteiger partial charge in [-0.3, -0.25) is 0 Å². The Morgan fingerprint density at radius 1 is 0.750 bits per heavy atom. The summed E-state index contributed by atoms with van der Waals surface area (Å²) >= 11 is 0. The van der Waals surface area contributed by atoms with E-state index in [0.717, 1.165) is 5.69 Å². The van der Waals surface area contributed by atoms with E-state index in [1.807, 2.05) is 31.2 Å². The third-order valence-electron chi connectivity index (χ3n) is 2.08. The van der Waals surface area contributed by atoms with Crippen molar-refractivity contribution >= 4 is 5.69 Å². The SMILES string of the molecule is CCCC.CCCC.Cc1ccc(N)cc1. The van der Waals surface area contributed by atoms with Gasteiger partial charge >= 0.3 is 0 Å². The van der Waals surface area contributed by atoms with Crippen LogP contribution in [0.4, 0.5) is 5.69 Å². The zero-order valence-corrected chi connectivity index (χ0v) is 11.7.